The largest absolute Gasteiger partial charge is 0.494 e. The fraction of sp³-hybridized carbons (Fsp3) is 0.172. The van der Waals surface area contributed by atoms with E-state index in [1.165, 1.54) is 5.56 Å². The number of rotatable bonds is 12. The van der Waals surface area contributed by atoms with Crippen LogP contribution in [-0.2, 0) is 17.8 Å². The summed E-state index contributed by atoms with van der Waals surface area (Å²) in [4.78, 5) is 24.9. The first-order chi connectivity index (χ1) is 17.7. The average molecular weight is 484 g/mol. The molecule has 2 amide bonds. The molecule has 7 nitrogen and oxygen atoms in total. The predicted octanol–water partition coefficient (Wildman–Crippen LogP) is 5.27. The molecule has 184 valence electrons. The summed E-state index contributed by atoms with van der Waals surface area (Å²) in [6, 6.07) is 28.2. The second-order valence-corrected chi connectivity index (χ2v) is 8.21. The summed E-state index contributed by atoms with van der Waals surface area (Å²) >= 11 is 0. The predicted molar refractivity (Wildman–Crippen MR) is 140 cm³/mol. The van der Waals surface area contributed by atoms with Crippen LogP contribution in [0.15, 0.2) is 102 Å². The lowest BCUT2D eigenvalue weighted by molar-refractivity contribution is -0.114. The van der Waals surface area contributed by atoms with Crippen LogP contribution in [0.4, 0.5) is 11.4 Å². The highest BCUT2D eigenvalue weighted by molar-refractivity contribution is 5.96. The van der Waals surface area contributed by atoms with Gasteiger partial charge in [-0.3, -0.25) is 9.59 Å². The van der Waals surface area contributed by atoms with Crippen molar-refractivity contribution in [2.45, 2.75) is 19.4 Å². The smallest absolute Gasteiger partial charge is 0.251 e. The number of amides is 2. The van der Waals surface area contributed by atoms with Crippen molar-refractivity contribution in [2.75, 3.05) is 23.8 Å². The second kappa shape index (κ2) is 12.8. The minimum absolute atomic E-state index is 0.0552. The molecule has 0 saturated heterocycles. The minimum atomic E-state index is -0.222. The molecule has 0 radical (unpaired) electrons. The molecule has 0 atom stereocenters. The van der Waals surface area contributed by atoms with Crippen molar-refractivity contribution in [1.82, 2.24) is 5.32 Å². The van der Waals surface area contributed by atoms with Gasteiger partial charge in [0.25, 0.3) is 5.91 Å². The van der Waals surface area contributed by atoms with Crippen LogP contribution in [0.2, 0.25) is 0 Å². The Hall–Kier alpha value is -4.52. The summed E-state index contributed by atoms with van der Waals surface area (Å²) < 4.78 is 11.1. The van der Waals surface area contributed by atoms with Crippen molar-refractivity contribution in [2.24, 2.45) is 0 Å². The molecule has 0 saturated carbocycles. The Bertz CT molecular complexity index is 1260. The van der Waals surface area contributed by atoms with E-state index in [4.69, 9.17) is 9.15 Å². The molecular weight excluding hydrogens is 454 g/mol. The van der Waals surface area contributed by atoms with Crippen LogP contribution < -0.4 is 20.7 Å². The van der Waals surface area contributed by atoms with E-state index in [-0.39, 0.29) is 18.4 Å². The third-order valence-corrected chi connectivity index (χ3v) is 5.42. The Balaban J connectivity index is 1.21. The van der Waals surface area contributed by atoms with Gasteiger partial charge in [0.05, 0.1) is 26.0 Å². The summed E-state index contributed by atoms with van der Waals surface area (Å²) in [6.45, 7) is 0.959. The molecule has 0 spiro atoms. The molecule has 0 unspecified atom stereocenters. The average Bonchev–Trinajstić information content (AvgIpc) is 3.43. The molecule has 0 bridgehead atoms. The molecule has 0 aliphatic rings. The number of aryl methyl sites for hydroxylation is 1. The van der Waals surface area contributed by atoms with Gasteiger partial charge < -0.3 is 25.1 Å². The van der Waals surface area contributed by atoms with E-state index >= 15 is 0 Å². The van der Waals surface area contributed by atoms with Crippen molar-refractivity contribution in [3.63, 3.8) is 0 Å². The van der Waals surface area contributed by atoms with Crippen LogP contribution in [0.25, 0.3) is 0 Å². The van der Waals surface area contributed by atoms with Gasteiger partial charge >= 0.3 is 0 Å². The van der Waals surface area contributed by atoms with Gasteiger partial charge in [0.15, 0.2) is 0 Å². The van der Waals surface area contributed by atoms with Gasteiger partial charge in [-0.1, -0.05) is 42.5 Å². The zero-order valence-electron chi connectivity index (χ0n) is 19.9. The van der Waals surface area contributed by atoms with Crippen LogP contribution in [0.5, 0.6) is 5.75 Å². The SMILES string of the molecule is O=C(CNc1cccc(C(=O)NCc2ccco2)c1)Nc1cccc(OCCCc2ccccc2)c1. The molecule has 0 aliphatic heterocycles. The molecular formula is C29H29N3O4. The Morgan fingerprint density at radius 2 is 1.67 bits per heavy atom. The third-order valence-electron chi connectivity index (χ3n) is 5.42. The van der Waals surface area contributed by atoms with Crippen LogP contribution in [0.1, 0.15) is 28.1 Å². The molecule has 36 heavy (non-hydrogen) atoms. The second-order valence-electron chi connectivity index (χ2n) is 8.21. The number of carbonyl (C=O) groups excluding carboxylic acids is 2. The molecule has 3 N–H and O–H groups in total. The Labute approximate surface area is 210 Å². The maximum atomic E-state index is 12.5. The van der Waals surface area contributed by atoms with Crippen molar-refractivity contribution in [3.05, 3.63) is 114 Å². The number of hydrogen-bond acceptors (Lipinski definition) is 5. The number of nitrogens with one attached hydrogen (secondary N) is 3. The summed E-state index contributed by atoms with van der Waals surface area (Å²) in [5, 5.41) is 8.74. The van der Waals surface area contributed by atoms with E-state index < -0.39 is 0 Å². The summed E-state index contributed by atoms with van der Waals surface area (Å²) in [5.74, 6) is 0.960. The van der Waals surface area contributed by atoms with Gasteiger partial charge in [-0.25, -0.2) is 0 Å². The molecule has 7 heteroatoms. The molecule has 0 fully saturated rings. The quantitative estimate of drug-likeness (QED) is 0.239. The number of anilines is 2. The highest BCUT2D eigenvalue weighted by atomic mass is 16.5. The molecule has 4 aromatic rings. The lowest BCUT2D eigenvalue weighted by Crippen LogP contribution is -2.23. The maximum absolute atomic E-state index is 12.5. The van der Waals surface area contributed by atoms with Gasteiger partial charge in [0, 0.05) is 23.0 Å². The zero-order chi connectivity index (χ0) is 25.0. The highest BCUT2D eigenvalue weighted by Crippen LogP contribution is 2.18. The van der Waals surface area contributed by atoms with Crippen LogP contribution in [-0.4, -0.2) is 25.0 Å². The summed E-state index contributed by atoms with van der Waals surface area (Å²) in [7, 11) is 0. The number of furan rings is 1. The zero-order valence-corrected chi connectivity index (χ0v) is 19.9. The van der Waals surface area contributed by atoms with E-state index in [0.29, 0.717) is 41.6 Å². The highest BCUT2D eigenvalue weighted by Gasteiger charge is 2.08. The molecule has 3 aromatic carbocycles. The third kappa shape index (κ3) is 7.77. The Morgan fingerprint density at radius 1 is 0.833 bits per heavy atom. The molecule has 0 aliphatic carbocycles. The van der Waals surface area contributed by atoms with Crippen molar-refractivity contribution >= 4 is 23.2 Å². The van der Waals surface area contributed by atoms with Gasteiger partial charge in [-0.2, -0.15) is 0 Å². The fourth-order valence-corrected chi connectivity index (χ4v) is 3.62. The van der Waals surface area contributed by atoms with Gasteiger partial charge in [0.1, 0.15) is 11.5 Å². The normalized spacial score (nSPS) is 10.4. The van der Waals surface area contributed by atoms with Gasteiger partial charge in [0.2, 0.25) is 5.91 Å². The van der Waals surface area contributed by atoms with E-state index in [0.717, 1.165) is 12.8 Å². The Morgan fingerprint density at radius 3 is 2.50 bits per heavy atom. The van der Waals surface area contributed by atoms with Crippen LogP contribution >= 0.6 is 0 Å². The van der Waals surface area contributed by atoms with Crippen LogP contribution in [0, 0.1) is 0 Å². The Kier molecular flexibility index (Phi) is 8.75. The van der Waals surface area contributed by atoms with E-state index in [9.17, 15) is 9.59 Å². The fourth-order valence-electron chi connectivity index (χ4n) is 3.62. The number of hydrogen-bond donors (Lipinski definition) is 3. The van der Waals surface area contributed by atoms with Crippen molar-refractivity contribution < 1.29 is 18.7 Å². The maximum Gasteiger partial charge on any atom is 0.251 e. The molecule has 4 rings (SSSR count). The first-order valence-electron chi connectivity index (χ1n) is 11.9. The summed E-state index contributed by atoms with van der Waals surface area (Å²) in [6.07, 6.45) is 3.42. The van der Waals surface area contributed by atoms with E-state index in [2.05, 4.69) is 28.1 Å². The van der Waals surface area contributed by atoms with Crippen molar-refractivity contribution in [1.29, 1.82) is 0 Å². The lowest BCUT2D eigenvalue weighted by Gasteiger charge is -2.11. The first kappa shape index (κ1) is 24.6. The standard InChI is InChI=1S/C29H29N3O4/c33-28(21-30-24-12-4-11-23(18-24)29(34)31-20-27-15-7-17-36-27)32-25-13-5-14-26(19-25)35-16-6-10-22-8-2-1-3-9-22/h1-5,7-9,11-15,17-19,30H,6,10,16,20-21H2,(H,31,34)(H,32,33). The minimum Gasteiger partial charge on any atom is -0.494 e. The number of carbonyl (C=O) groups is 2. The van der Waals surface area contributed by atoms with Crippen LogP contribution in [0.3, 0.4) is 0 Å². The van der Waals surface area contributed by atoms with Gasteiger partial charge in [-0.15, -0.1) is 0 Å². The topological polar surface area (TPSA) is 92.6 Å². The molecule has 1 aromatic heterocycles. The number of benzene rings is 3. The van der Waals surface area contributed by atoms with Crippen molar-refractivity contribution in [3.8, 4) is 5.75 Å². The summed E-state index contributed by atoms with van der Waals surface area (Å²) in [5.41, 5.74) is 3.11. The monoisotopic (exact) mass is 483 g/mol. The number of ether oxygens (including phenoxy) is 1. The van der Waals surface area contributed by atoms with E-state index in [1.54, 1.807) is 42.7 Å². The van der Waals surface area contributed by atoms with Gasteiger partial charge in [-0.05, 0) is 60.9 Å². The van der Waals surface area contributed by atoms with E-state index in [1.807, 2.05) is 42.5 Å². The molecule has 1 heterocycles. The first-order valence-corrected chi connectivity index (χ1v) is 11.9. The lowest BCUT2D eigenvalue weighted by atomic mass is 10.1.